The molecule has 0 saturated heterocycles. The van der Waals surface area contributed by atoms with E-state index < -0.39 is 18.0 Å². The summed E-state index contributed by atoms with van der Waals surface area (Å²) in [5.41, 5.74) is 2.06. The number of ether oxygens (including phenoxy) is 1. The molecule has 3 fully saturated rings. The third kappa shape index (κ3) is 3.35. The summed E-state index contributed by atoms with van der Waals surface area (Å²) in [6.07, 6.45) is 5.18. The number of amides is 1. The fourth-order valence-corrected chi connectivity index (χ4v) is 5.90. The molecule has 170 valence electrons. The lowest BCUT2D eigenvalue weighted by atomic mass is 9.44. The van der Waals surface area contributed by atoms with Crippen LogP contribution in [0, 0.1) is 5.82 Å². The minimum absolute atomic E-state index is 0.0210. The van der Waals surface area contributed by atoms with Crippen molar-refractivity contribution >= 4 is 29.1 Å². The molecule has 2 atom stereocenters. The number of aliphatic hydroxyl groups excluding tert-OH is 1. The predicted octanol–water partition coefficient (Wildman–Crippen LogP) is 5.23. The number of aromatic nitrogens is 1. The lowest BCUT2D eigenvalue weighted by Crippen LogP contribution is -2.79. The first kappa shape index (κ1) is 21.0. The summed E-state index contributed by atoms with van der Waals surface area (Å²) in [6, 6.07) is 11.8. The first-order valence-electron chi connectivity index (χ1n) is 10.9. The highest BCUT2D eigenvalue weighted by Crippen LogP contribution is 2.65. The van der Waals surface area contributed by atoms with Crippen LogP contribution < -0.4 is 10.1 Å². The lowest BCUT2D eigenvalue weighted by Gasteiger charge is -2.71. The van der Waals surface area contributed by atoms with E-state index >= 15 is 0 Å². The molecule has 7 rings (SSSR count). The van der Waals surface area contributed by atoms with E-state index in [0.717, 1.165) is 30.4 Å². The summed E-state index contributed by atoms with van der Waals surface area (Å²) in [4.78, 5) is 12.9. The number of halogens is 3. The maximum absolute atomic E-state index is 13.8. The van der Waals surface area contributed by atoms with E-state index in [2.05, 4.69) is 9.88 Å². The van der Waals surface area contributed by atoms with Crippen molar-refractivity contribution in [2.24, 2.45) is 0 Å². The number of hydrogen-bond donors (Lipinski definition) is 2. The van der Waals surface area contributed by atoms with Crippen LogP contribution in [0.2, 0.25) is 10.0 Å². The summed E-state index contributed by atoms with van der Waals surface area (Å²) in [5, 5.41) is 14.2. The minimum atomic E-state index is -0.793. The highest BCUT2D eigenvalue weighted by atomic mass is 35.5. The number of aliphatic hydroxyl groups is 1. The summed E-state index contributed by atoms with van der Waals surface area (Å²) < 4.78 is 21.9. The van der Waals surface area contributed by atoms with Gasteiger partial charge in [0.25, 0.3) is 5.91 Å². The summed E-state index contributed by atoms with van der Waals surface area (Å²) in [7, 11) is 0. The van der Waals surface area contributed by atoms with E-state index in [1.165, 1.54) is 6.07 Å². The van der Waals surface area contributed by atoms with E-state index in [-0.39, 0.29) is 28.4 Å². The normalized spacial score (nSPS) is 29.3. The Kier molecular flexibility index (Phi) is 4.60. The number of benzene rings is 2. The molecule has 1 aromatic heterocycles. The zero-order valence-corrected chi connectivity index (χ0v) is 19.0. The van der Waals surface area contributed by atoms with Crippen LogP contribution in [0.1, 0.15) is 37.4 Å². The van der Waals surface area contributed by atoms with Crippen LogP contribution in [-0.2, 0) is 10.3 Å². The van der Waals surface area contributed by atoms with Crippen molar-refractivity contribution in [1.29, 1.82) is 0 Å². The quantitative estimate of drug-likeness (QED) is 0.530. The summed E-state index contributed by atoms with van der Waals surface area (Å²) in [6.45, 7) is 0. The average molecular weight is 487 g/mol. The largest absolute Gasteiger partial charge is 0.480 e. The van der Waals surface area contributed by atoms with Gasteiger partial charge in [0.2, 0.25) is 0 Å². The Morgan fingerprint density at radius 2 is 1.91 bits per heavy atom. The zero-order chi connectivity index (χ0) is 23.0. The number of rotatable bonds is 4. The molecule has 2 bridgehead atoms. The van der Waals surface area contributed by atoms with Gasteiger partial charge in [0.15, 0.2) is 6.10 Å². The molecule has 0 spiro atoms. The third-order valence-corrected chi connectivity index (χ3v) is 7.76. The molecule has 0 unspecified atom stereocenters. The van der Waals surface area contributed by atoms with Crippen molar-refractivity contribution in [3.05, 3.63) is 76.3 Å². The number of carbonyl (C=O) groups excluding carboxylic acids is 1. The predicted molar refractivity (Wildman–Crippen MR) is 123 cm³/mol. The van der Waals surface area contributed by atoms with Gasteiger partial charge in [-0.25, -0.2) is 4.39 Å². The van der Waals surface area contributed by atoms with Crippen molar-refractivity contribution in [3.8, 4) is 16.9 Å². The Morgan fingerprint density at radius 1 is 1.12 bits per heavy atom. The van der Waals surface area contributed by atoms with Gasteiger partial charge in [0, 0.05) is 34.9 Å². The van der Waals surface area contributed by atoms with Crippen molar-refractivity contribution in [2.45, 2.75) is 49.0 Å². The lowest BCUT2D eigenvalue weighted by molar-refractivity contribution is -0.161. The maximum Gasteiger partial charge on any atom is 0.261 e. The molecule has 1 amide bonds. The van der Waals surface area contributed by atoms with Crippen LogP contribution in [0.15, 0.2) is 54.9 Å². The molecular formula is C25H21Cl2FN2O3. The van der Waals surface area contributed by atoms with Gasteiger partial charge < -0.3 is 19.7 Å². The topological polar surface area (TPSA) is 63.5 Å². The SMILES string of the molecule is O=C(NC12CC(n3ccc(-c4ccc(Cl)c(F)c4)c3)(C1)C2)[C@@H]1C[C@@H](O)c2cc(Cl)ccc2O1. The van der Waals surface area contributed by atoms with E-state index in [4.69, 9.17) is 27.9 Å². The fraction of sp³-hybridized carbons (Fsp3) is 0.320. The Morgan fingerprint density at radius 3 is 2.67 bits per heavy atom. The molecule has 1 aliphatic heterocycles. The Labute approximate surface area is 200 Å². The van der Waals surface area contributed by atoms with Gasteiger partial charge in [-0.15, -0.1) is 0 Å². The molecule has 3 aliphatic carbocycles. The molecule has 2 heterocycles. The van der Waals surface area contributed by atoms with E-state index in [1.807, 2.05) is 18.5 Å². The number of fused-ring (bicyclic) bond motifs is 1. The molecule has 33 heavy (non-hydrogen) atoms. The van der Waals surface area contributed by atoms with Crippen molar-refractivity contribution in [1.82, 2.24) is 9.88 Å². The summed E-state index contributed by atoms with van der Waals surface area (Å²) in [5.74, 6) is -0.145. The smallest absolute Gasteiger partial charge is 0.261 e. The van der Waals surface area contributed by atoms with Crippen molar-refractivity contribution < 1.29 is 19.0 Å². The minimum Gasteiger partial charge on any atom is -0.480 e. The molecule has 0 radical (unpaired) electrons. The number of carbonyl (C=O) groups is 1. The van der Waals surface area contributed by atoms with Crippen LogP contribution in [0.3, 0.4) is 0 Å². The van der Waals surface area contributed by atoms with Crippen LogP contribution in [-0.4, -0.2) is 27.2 Å². The van der Waals surface area contributed by atoms with Gasteiger partial charge in [-0.2, -0.15) is 0 Å². The second-order valence-electron chi connectivity index (χ2n) is 9.50. The first-order valence-corrected chi connectivity index (χ1v) is 11.6. The summed E-state index contributed by atoms with van der Waals surface area (Å²) >= 11 is 11.8. The highest BCUT2D eigenvalue weighted by Gasteiger charge is 2.69. The molecule has 4 aliphatic rings. The van der Waals surface area contributed by atoms with Gasteiger partial charge in [-0.1, -0.05) is 29.3 Å². The van der Waals surface area contributed by atoms with Crippen LogP contribution in [0.25, 0.3) is 11.1 Å². The number of hydrogen-bond acceptors (Lipinski definition) is 3. The van der Waals surface area contributed by atoms with Crippen molar-refractivity contribution in [2.75, 3.05) is 0 Å². The van der Waals surface area contributed by atoms with Gasteiger partial charge in [-0.05, 0) is 66.8 Å². The zero-order valence-electron chi connectivity index (χ0n) is 17.5. The number of nitrogens with one attached hydrogen (secondary N) is 1. The number of nitrogens with zero attached hydrogens (tertiary/aromatic N) is 1. The first-order chi connectivity index (χ1) is 15.8. The second kappa shape index (κ2) is 7.23. The van der Waals surface area contributed by atoms with Crippen LogP contribution >= 0.6 is 23.2 Å². The third-order valence-electron chi connectivity index (χ3n) is 7.21. The fourth-order valence-electron chi connectivity index (χ4n) is 5.60. The van der Waals surface area contributed by atoms with Crippen LogP contribution in [0.4, 0.5) is 4.39 Å². The van der Waals surface area contributed by atoms with Crippen LogP contribution in [0.5, 0.6) is 5.75 Å². The van der Waals surface area contributed by atoms with E-state index in [9.17, 15) is 14.3 Å². The standard InChI is InChI=1S/C25H21Cl2FN2O3/c26-16-2-4-21-17(8-16)20(31)9-22(33-21)23(32)29-24-11-25(12-24,13-24)30-6-5-15(10-30)14-1-3-18(27)19(28)7-14/h1-8,10,20,22,31H,9,11-13H2,(H,29,32)/t20-,22+,24?,25?/m1/s1. The maximum atomic E-state index is 13.8. The molecule has 3 saturated carbocycles. The molecule has 8 heteroatoms. The van der Waals surface area contributed by atoms with Crippen molar-refractivity contribution in [3.63, 3.8) is 0 Å². The Bertz CT molecular complexity index is 1270. The van der Waals surface area contributed by atoms with Gasteiger partial charge >= 0.3 is 0 Å². The highest BCUT2D eigenvalue weighted by molar-refractivity contribution is 6.31. The van der Waals surface area contributed by atoms with E-state index in [0.29, 0.717) is 16.3 Å². The Hall–Kier alpha value is -2.54. The average Bonchev–Trinajstić information content (AvgIpc) is 3.21. The molecule has 3 aromatic rings. The second-order valence-corrected chi connectivity index (χ2v) is 10.3. The molecular weight excluding hydrogens is 466 g/mol. The molecule has 2 N–H and O–H groups in total. The van der Waals surface area contributed by atoms with E-state index in [1.54, 1.807) is 30.3 Å². The monoisotopic (exact) mass is 486 g/mol. The molecule has 2 aromatic carbocycles. The van der Waals surface area contributed by atoms with Gasteiger partial charge in [-0.3, -0.25) is 4.79 Å². The Balaban J connectivity index is 1.11. The molecule has 5 nitrogen and oxygen atoms in total. The van der Waals surface area contributed by atoms with Gasteiger partial charge in [0.1, 0.15) is 11.6 Å². The van der Waals surface area contributed by atoms with Gasteiger partial charge in [0.05, 0.1) is 16.7 Å².